The third kappa shape index (κ3) is 5.83. The monoisotopic (exact) mass is 273 g/mol. The van der Waals surface area contributed by atoms with Crippen LogP contribution >= 0.6 is 0 Å². The highest BCUT2D eigenvalue weighted by molar-refractivity contribution is 5.86. The molecule has 1 aromatic rings. The van der Waals surface area contributed by atoms with Gasteiger partial charge >= 0.3 is 0 Å². The molecule has 0 aliphatic carbocycles. The van der Waals surface area contributed by atoms with E-state index in [0.717, 1.165) is 18.4 Å². The van der Waals surface area contributed by atoms with Gasteiger partial charge in [0.05, 0.1) is 6.04 Å². The zero-order valence-electron chi connectivity index (χ0n) is 12.0. The molecular weight excluding hydrogens is 250 g/mol. The highest BCUT2D eigenvalue weighted by atomic mass is 16.1. The summed E-state index contributed by atoms with van der Waals surface area (Å²) in [5.41, 5.74) is 1.05. The fourth-order valence-corrected chi connectivity index (χ4v) is 2.19. The SMILES string of the molecule is C=CCC[C@@H](C)CC(=O)[C@H](Cc1ccccc1)NC=O. The number of ketones is 1. The molecule has 0 unspecified atom stereocenters. The number of allylic oxidation sites excluding steroid dienone is 1. The first kappa shape index (κ1) is 16.2. The summed E-state index contributed by atoms with van der Waals surface area (Å²) in [5.74, 6) is 0.407. The Kier molecular flexibility index (Phi) is 7.33. The molecule has 0 aromatic heterocycles. The average molecular weight is 273 g/mol. The van der Waals surface area contributed by atoms with Crippen molar-refractivity contribution >= 4 is 12.2 Å². The van der Waals surface area contributed by atoms with Crippen LogP contribution in [0, 0.1) is 5.92 Å². The van der Waals surface area contributed by atoms with E-state index in [1.807, 2.05) is 36.4 Å². The van der Waals surface area contributed by atoms with Crippen molar-refractivity contribution in [3.8, 4) is 0 Å². The highest BCUT2D eigenvalue weighted by Gasteiger charge is 2.20. The van der Waals surface area contributed by atoms with Crippen LogP contribution in [-0.4, -0.2) is 18.2 Å². The number of carbonyl (C=O) groups is 2. The van der Waals surface area contributed by atoms with Crippen LogP contribution in [0.1, 0.15) is 31.7 Å². The lowest BCUT2D eigenvalue weighted by Gasteiger charge is -2.17. The summed E-state index contributed by atoms with van der Waals surface area (Å²) in [7, 11) is 0. The molecule has 1 N–H and O–H groups in total. The van der Waals surface area contributed by atoms with Crippen molar-refractivity contribution in [1.29, 1.82) is 0 Å². The van der Waals surface area contributed by atoms with Gasteiger partial charge in [-0.1, -0.05) is 43.3 Å². The van der Waals surface area contributed by atoms with Crippen LogP contribution in [0.25, 0.3) is 0 Å². The lowest BCUT2D eigenvalue weighted by molar-refractivity contribution is -0.124. The Hall–Kier alpha value is -1.90. The molecular formula is C17H23NO2. The summed E-state index contributed by atoms with van der Waals surface area (Å²) >= 11 is 0. The van der Waals surface area contributed by atoms with E-state index in [2.05, 4.69) is 18.8 Å². The van der Waals surface area contributed by atoms with Crippen LogP contribution in [0.5, 0.6) is 0 Å². The van der Waals surface area contributed by atoms with E-state index in [1.54, 1.807) is 0 Å². The number of carbonyl (C=O) groups excluding carboxylic acids is 2. The Morgan fingerprint density at radius 1 is 1.35 bits per heavy atom. The van der Waals surface area contributed by atoms with Crippen molar-refractivity contribution in [2.24, 2.45) is 5.92 Å². The predicted octanol–water partition coefficient (Wildman–Crippen LogP) is 2.91. The van der Waals surface area contributed by atoms with Crippen molar-refractivity contribution < 1.29 is 9.59 Å². The topological polar surface area (TPSA) is 46.2 Å². The summed E-state index contributed by atoms with van der Waals surface area (Å²) in [4.78, 5) is 23.0. The smallest absolute Gasteiger partial charge is 0.207 e. The summed E-state index contributed by atoms with van der Waals surface area (Å²) in [6.07, 6.45) is 5.39. The molecule has 2 atom stereocenters. The Morgan fingerprint density at radius 2 is 2.05 bits per heavy atom. The first-order valence-electron chi connectivity index (χ1n) is 7.04. The number of rotatable bonds is 10. The van der Waals surface area contributed by atoms with Gasteiger partial charge in [0.1, 0.15) is 0 Å². The molecule has 3 nitrogen and oxygen atoms in total. The van der Waals surface area contributed by atoms with Gasteiger partial charge in [-0.25, -0.2) is 0 Å². The van der Waals surface area contributed by atoms with E-state index in [-0.39, 0.29) is 5.78 Å². The molecule has 0 fully saturated rings. The van der Waals surface area contributed by atoms with E-state index in [9.17, 15) is 9.59 Å². The second kappa shape index (κ2) is 9.08. The second-order valence-electron chi connectivity index (χ2n) is 5.17. The fourth-order valence-electron chi connectivity index (χ4n) is 2.19. The maximum atomic E-state index is 12.3. The minimum Gasteiger partial charge on any atom is -0.349 e. The van der Waals surface area contributed by atoms with Crippen LogP contribution in [0.15, 0.2) is 43.0 Å². The van der Waals surface area contributed by atoms with Gasteiger partial charge < -0.3 is 5.32 Å². The van der Waals surface area contributed by atoms with Gasteiger partial charge in [0.15, 0.2) is 5.78 Å². The zero-order valence-corrected chi connectivity index (χ0v) is 12.0. The van der Waals surface area contributed by atoms with E-state index < -0.39 is 6.04 Å². The number of nitrogens with one attached hydrogen (secondary N) is 1. The third-order valence-corrected chi connectivity index (χ3v) is 3.35. The molecule has 0 heterocycles. The standard InChI is InChI=1S/C17H23NO2/c1-3-4-8-14(2)11-17(20)16(18-13-19)12-15-9-6-5-7-10-15/h3,5-7,9-10,13-14,16H,1,4,8,11-12H2,2H3,(H,18,19)/t14-,16+/m1/s1. The van der Waals surface area contributed by atoms with Crippen molar-refractivity contribution in [2.75, 3.05) is 0 Å². The maximum Gasteiger partial charge on any atom is 0.207 e. The highest BCUT2D eigenvalue weighted by Crippen LogP contribution is 2.14. The molecule has 0 aliphatic heterocycles. The van der Waals surface area contributed by atoms with E-state index in [4.69, 9.17) is 0 Å². The lowest BCUT2D eigenvalue weighted by Crippen LogP contribution is -2.38. The minimum absolute atomic E-state index is 0.0949. The van der Waals surface area contributed by atoms with Gasteiger partial charge in [-0.15, -0.1) is 6.58 Å². The molecule has 0 saturated heterocycles. The first-order valence-corrected chi connectivity index (χ1v) is 7.04. The molecule has 1 aromatic carbocycles. The van der Waals surface area contributed by atoms with E-state index in [1.165, 1.54) is 0 Å². The Bertz CT molecular complexity index is 428. The fraction of sp³-hybridized carbons (Fsp3) is 0.412. The largest absolute Gasteiger partial charge is 0.349 e. The van der Waals surface area contributed by atoms with Gasteiger partial charge in [0.25, 0.3) is 0 Å². The van der Waals surface area contributed by atoms with Crippen molar-refractivity contribution in [3.63, 3.8) is 0 Å². The predicted molar refractivity (Wildman–Crippen MR) is 81.4 cm³/mol. The number of benzene rings is 1. The summed E-state index contributed by atoms with van der Waals surface area (Å²) < 4.78 is 0. The molecule has 20 heavy (non-hydrogen) atoms. The van der Waals surface area contributed by atoms with Crippen LogP contribution < -0.4 is 5.32 Å². The zero-order chi connectivity index (χ0) is 14.8. The Morgan fingerprint density at radius 3 is 2.65 bits per heavy atom. The van der Waals surface area contributed by atoms with Gasteiger partial charge in [-0.2, -0.15) is 0 Å². The van der Waals surface area contributed by atoms with Gasteiger partial charge in [-0.05, 0) is 30.7 Å². The van der Waals surface area contributed by atoms with Gasteiger partial charge in [0.2, 0.25) is 6.41 Å². The molecule has 108 valence electrons. The molecule has 1 amide bonds. The lowest BCUT2D eigenvalue weighted by atomic mass is 9.93. The number of hydrogen-bond donors (Lipinski definition) is 1. The Balaban J connectivity index is 2.58. The van der Waals surface area contributed by atoms with Crippen LogP contribution in [-0.2, 0) is 16.0 Å². The molecule has 0 radical (unpaired) electrons. The molecule has 0 saturated carbocycles. The molecule has 1 rings (SSSR count). The van der Waals surface area contributed by atoms with Crippen LogP contribution in [0.3, 0.4) is 0 Å². The number of amides is 1. The van der Waals surface area contributed by atoms with E-state index >= 15 is 0 Å². The molecule has 3 heteroatoms. The number of hydrogen-bond acceptors (Lipinski definition) is 2. The minimum atomic E-state index is -0.430. The van der Waals surface area contributed by atoms with Crippen molar-refractivity contribution in [3.05, 3.63) is 48.6 Å². The van der Waals surface area contributed by atoms with Crippen LogP contribution in [0.2, 0.25) is 0 Å². The maximum absolute atomic E-state index is 12.3. The van der Waals surface area contributed by atoms with Crippen LogP contribution in [0.4, 0.5) is 0 Å². The quantitative estimate of drug-likeness (QED) is 0.526. The summed E-state index contributed by atoms with van der Waals surface area (Å²) in [5, 5.41) is 2.64. The van der Waals surface area contributed by atoms with E-state index in [0.29, 0.717) is 25.2 Å². The normalized spacial score (nSPS) is 13.2. The molecule has 0 bridgehead atoms. The third-order valence-electron chi connectivity index (χ3n) is 3.35. The summed E-state index contributed by atoms with van der Waals surface area (Å²) in [6.45, 7) is 5.75. The van der Waals surface area contributed by atoms with Crippen molar-refractivity contribution in [2.45, 2.75) is 38.6 Å². The van der Waals surface area contributed by atoms with Gasteiger partial charge in [0, 0.05) is 6.42 Å². The summed E-state index contributed by atoms with van der Waals surface area (Å²) in [6, 6.07) is 9.31. The van der Waals surface area contributed by atoms with Gasteiger partial charge in [-0.3, -0.25) is 9.59 Å². The molecule has 0 spiro atoms. The Labute approximate surface area is 121 Å². The van der Waals surface area contributed by atoms with Crippen molar-refractivity contribution in [1.82, 2.24) is 5.32 Å². The first-order chi connectivity index (χ1) is 9.67. The average Bonchev–Trinajstić information content (AvgIpc) is 2.45. The molecule has 0 aliphatic rings. The second-order valence-corrected chi connectivity index (χ2v) is 5.17. The number of Topliss-reactive ketones (excluding diaryl/α,β-unsaturated/α-hetero) is 1.